The zero-order chi connectivity index (χ0) is 19.4. The molecule has 1 amide bonds. The molecule has 27 heavy (non-hydrogen) atoms. The summed E-state index contributed by atoms with van der Waals surface area (Å²) in [7, 11) is -3.61. The number of hydrogen-bond acceptors (Lipinski definition) is 5. The fourth-order valence-electron chi connectivity index (χ4n) is 2.85. The highest BCUT2D eigenvalue weighted by Crippen LogP contribution is 2.18. The largest absolute Gasteiger partial charge is 0.481 e. The van der Waals surface area contributed by atoms with Crippen LogP contribution in [0.5, 0.6) is 0 Å². The van der Waals surface area contributed by atoms with Gasteiger partial charge in [-0.2, -0.15) is 0 Å². The molecule has 2 N–H and O–H groups in total. The molecule has 8 nitrogen and oxygen atoms in total. The van der Waals surface area contributed by atoms with E-state index in [0.29, 0.717) is 0 Å². The first-order chi connectivity index (χ1) is 12.9. The van der Waals surface area contributed by atoms with Crippen molar-refractivity contribution in [1.82, 2.24) is 10.2 Å². The molecular formula is C18H19N3O5S. The Kier molecular flexibility index (Phi) is 5.41. The molecule has 0 bridgehead atoms. The Morgan fingerprint density at radius 1 is 1.26 bits per heavy atom. The number of amides is 1. The van der Waals surface area contributed by atoms with Gasteiger partial charge in [0.25, 0.3) is 15.9 Å². The Morgan fingerprint density at radius 3 is 2.70 bits per heavy atom. The zero-order valence-electron chi connectivity index (χ0n) is 14.4. The third-order valence-corrected chi connectivity index (χ3v) is 5.43. The highest BCUT2D eigenvalue weighted by molar-refractivity contribution is 7.90. The maximum absolute atomic E-state index is 12.5. The number of allylic oxidation sites excluding steroid dienone is 2. The number of hydrogen-bond donors (Lipinski definition) is 2. The van der Waals surface area contributed by atoms with Gasteiger partial charge in [0.05, 0.1) is 17.2 Å². The molecule has 142 valence electrons. The van der Waals surface area contributed by atoms with Gasteiger partial charge in [0.2, 0.25) is 0 Å². The predicted molar refractivity (Wildman–Crippen MR) is 99.4 cm³/mol. The van der Waals surface area contributed by atoms with Gasteiger partial charge in [0.1, 0.15) is 0 Å². The molecule has 0 aliphatic carbocycles. The minimum absolute atomic E-state index is 0.0659. The van der Waals surface area contributed by atoms with Crippen molar-refractivity contribution in [3.05, 3.63) is 59.8 Å². The second-order valence-electron chi connectivity index (χ2n) is 6.25. The number of fused-ring (bicyclic) bond motifs is 1. The predicted octanol–water partition coefficient (Wildman–Crippen LogP) is 0.544. The Morgan fingerprint density at radius 2 is 2.00 bits per heavy atom. The Hall–Kier alpha value is -2.94. The van der Waals surface area contributed by atoms with Gasteiger partial charge in [-0.25, -0.2) is 8.42 Å². The minimum atomic E-state index is -3.61. The third kappa shape index (κ3) is 4.62. The summed E-state index contributed by atoms with van der Waals surface area (Å²) in [5, 5.41) is 12.0. The lowest BCUT2D eigenvalue weighted by molar-refractivity contribution is -0.141. The molecule has 1 unspecified atom stereocenters. The Bertz CT molecular complexity index is 935. The monoisotopic (exact) mass is 389 g/mol. The zero-order valence-corrected chi connectivity index (χ0v) is 15.2. The van der Waals surface area contributed by atoms with Gasteiger partial charge >= 0.3 is 5.97 Å². The van der Waals surface area contributed by atoms with Crippen LogP contribution in [0.3, 0.4) is 0 Å². The van der Waals surface area contributed by atoms with E-state index < -0.39 is 27.8 Å². The second-order valence-corrected chi connectivity index (χ2v) is 8.01. The van der Waals surface area contributed by atoms with E-state index in [9.17, 15) is 23.1 Å². The van der Waals surface area contributed by atoms with Crippen molar-refractivity contribution in [2.75, 3.05) is 18.8 Å². The van der Waals surface area contributed by atoms with Crippen molar-refractivity contribution >= 4 is 27.7 Å². The van der Waals surface area contributed by atoms with Gasteiger partial charge in [-0.1, -0.05) is 30.3 Å². The van der Waals surface area contributed by atoms with E-state index >= 15 is 0 Å². The van der Waals surface area contributed by atoms with Crippen LogP contribution in [0.4, 0.5) is 0 Å². The van der Waals surface area contributed by atoms with Crippen molar-refractivity contribution < 1.29 is 23.1 Å². The smallest absolute Gasteiger partial charge is 0.308 e. The lowest BCUT2D eigenvalue weighted by Gasteiger charge is -2.28. The number of rotatable bonds is 6. The summed E-state index contributed by atoms with van der Waals surface area (Å²) >= 11 is 0. The van der Waals surface area contributed by atoms with Crippen LogP contribution in [0, 0.1) is 5.92 Å². The van der Waals surface area contributed by atoms with Gasteiger partial charge in [-0.05, 0) is 24.1 Å². The molecule has 0 fully saturated rings. The lowest BCUT2D eigenvalue weighted by Crippen LogP contribution is -2.43. The average molecular weight is 389 g/mol. The first kappa shape index (κ1) is 18.8. The van der Waals surface area contributed by atoms with Gasteiger partial charge in [-0.3, -0.25) is 9.59 Å². The number of nitrogens with zero attached hydrogens (tertiary/aromatic N) is 2. The number of carbonyl (C=O) groups is 2. The lowest BCUT2D eigenvalue weighted by atomic mass is 9.99. The topological polar surface area (TPSA) is 116 Å². The van der Waals surface area contributed by atoms with Crippen LogP contribution in [0.2, 0.25) is 0 Å². The van der Waals surface area contributed by atoms with E-state index in [1.54, 1.807) is 17.2 Å². The van der Waals surface area contributed by atoms with Crippen molar-refractivity contribution in [2.24, 2.45) is 10.3 Å². The molecule has 2 aliphatic rings. The van der Waals surface area contributed by atoms with Crippen LogP contribution in [-0.4, -0.2) is 55.0 Å². The molecule has 0 spiro atoms. The van der Waals surface area contributed by atoms with Gasteiger partial charge in [0, 0.05) is 19.3 Å². The summed E-state index contributed by atoms with van der Waals surface area (Å²) in [4.78, 5) is 25.6. The summed E-state index contributed by atoms with van der Waals surface area (Å²) in [6.07, 6.45) is 5.03. The fourth-order valence-corrected chi connectivity index (χ4v) is 3.84. The van der Waals surface area contributed by atoms with Crippen LogP contribution in [-0.2, 0) is 26.0 Å². The molecule has 0 saturated heterocycles. The first-order valence-corrected chi connectivity index (χ1v) is 10.00. The van der Waals surface area contributed by atoms with E-state index in [-0.39, 0.29) is 36.7 Å². The number of carboxylic acid groups (broad SMARTS) is 1. The van der Waals surface area contributed by atoms with Gasteiger partial charge in [-0.15, -0.1) is 4.40 Å². The normalized spacial score (nSPS) is 18.7. The highest BCUT2D eigenvalue weighted by atomic mass is 32.2. The summed E-state index contributed by atoms with van der Waals surface area (Å²) in [6.45, 7) is 0.137. The second kappa shape index (κ2) is 7.75. The van der Waals surface area contributed by atoms with Crippen molar-refractivity contribution in [1.29, 1.82) is 0 Å². The molecule has 2 aliphatic heterocycles. The number of sulfonamides is 1. The SMILES string of the molecule is O=C(NCC(Cc1ccccc1)C(=O)O)C1=CC=CN2CCS(=O)(=O)N=C12. The molecule has 1 atom stereocenters. The van der Waals surface area contributed by atoms with E-state index in [0.717, 1.165) is 5.56 Å². The molecule has 0 aromatic heterocycles. The quantitative estimate of drug-likeness (QED) is 0.734. The van der Waals surface area contributed by atoms with Crippen LogP contribution >= 0.6 is 0 Å². The van der Waals surface area contributed by atoms with Crippen LogP contribution in [0.15, 0.2) is 58.7 Å². The van der Waals surface area contributed by atoms with Crippen molar-refractivity contribution in [3.8, 4) is 0 Å². The summed E-state index contributed by atoms with van der Waals surface area (Å²) in [6, 6.07) is 9.14. The Balaban J connectivity index is 1.70. The van der Waals surface area contributed by atoms with Gasteiger partial charge < -0.3 is 15.3 Å². The maximum Gasteiger partial charge on any atom is 0.308 e. The summed E-state index contributed by atoms with van der Waals surface area (Å²) in [5.74, 6) is -2.43. The van der Waals surface area contributed by atoms with E-state index in [1.165, 1.54) is 6.08 Å². The highest BCUT2D eigenvalue weighted by Gasteiger charge is 2.30. The number of carbonyl (C=O) groups excluding carboxylic acids is 1. The van der Waals surface area contributed by atoms with E-state index in [2.05, 4.69) is 9.71 Å². The minimum Gasteiger partial charge on any atom is -0.481 e. The van der Waals surface area contributed by atoms with Crippen LogP contribution in [0.25, 0.3) is 0 Å². The molecule has 1 aromatic rings. The molecule has 0 radical (unpaired) electrons. The molecule has 0 saturated carbocycles. The van der Waals surface area contributed by atoms with E-state index in [4.69, 9.17) is 0 Å². The number of amidine groups is 1. The van der Waals surface area contributed by atoms with Crippen LogP contribution in [0.1, 0.15) is 5.56 Å². The molecule has 1 aromatic carbocycles. The number of aliphatic carboxylic acids is 1. The summed E-state index contributed by atoms with van der Waals surface area (Å²) < 4.78 is 27.2. The van der Waals surface area contributed by atoms with E-state index in [1.807, 2.05) is 30.3 Å². The molecule has 3 rings (SSSR count). The van der Waals surface area contributed by atoms with Crippen molar-refractivity contribution in [3.63, 3.8) is 0 Å². The first-order valence-electron chi connectivity index (χ1n) is 8.39. The molecular weight excluding hydrogens is 370 g/mol. The molecule has 9 heteroatoms. The number of carboxylic acids is 1. The fraction of sp³-hybridized carbons (Fsp3) is 0.278. The Labute approximate surface area is 157 Å². The number of benzene rings is 1. The van der Waals surface area contributed by atoms with Crippen molar-refractivity contribution in [2.45, 2.75) is 6.42 Å². The maximum atomic E-state index is 12.5. The van der Waals surface area contributed by atoms with Gasteiger partial charge in [0.15, 0.2) is 5.84 Å². The third-order valence-electron chi connectivity index (χ3n) is 4.29. The number of nitrogens with one attached hydrogen (secondary N) is 1. The van der Waals surface area contributed by atoms with Crippen LogP contribution < -0.4 is 5.32 Å². The average Bonchev–Trinajstić information content (AvgIpc) is 2.64. The molecule has 2 heterocycles. The summed E-state index contributed by atoms with van der Waals surface area (Å²) in [5.41, 5.74) is 0.956. The standard InChI is InChI=1S/C18H19N3O5S/c22-17(15-7-4-8-21-9-10-27(25,26)20-16(15)21)19-12-14(18(23)24)11-13-5-2-1-3-6-13/h1-8,14H,9-12H2,(H,19,22)(H,23,24).